The summed E-state index contributed by atoms with van der Waals surface area (Å²) in [6.07, 6.45) is -0.807. The first-order valence-corrected chi connectivity index (χ1v) is 9.05. The van der Waals surface area contributed by atoms with Crippen molar-refractivity contribution >= 4 is 22.6 Å². The van der Waals surface area contributed by atoms with Gasteiger partial charge in [0.1, 0.15) is 5.69 Å². The molecule has 0 bridgehead atoms. The molecule has 1 N–H and O–H groups in total. The Hall–Kier alpha value is -3.23. The van der Waals surface area contributed by atoms with Crippen molar-refractivity contribution in [3.05, 3.63) is 60.2 Å². The number of rotatable bonds is 6. The van der Waals surface area contributed by atoms with Crippen molar-refractivity contribution in [3.8, 4) is 0 Å². The molecule has 0 radical (unpaired) electrons. The first kappa shape index (κ1) is 20.5. The minimum atomic E-state index is -4.48. The minimum absolute atomic E-state index is 0.0700. The van der Waals surface area contributed by atoms with E-state index in [0.717, 1.165) is 23.2 Å². The SMILES string of the molecule is CCC(CNc1ncc(C(F)(F)F)cn1)N(C)C(=O)c1nccc2ccccc12. The molecule has 3 aromatic rings. The summed E-state index contributed by atoms with van der Waals surface area (Å²) in [6, 6.07) is 9.11. The maximum Gasteiger partial charge on any atom is 0.419 e. The van der Waals surface area contributed by atoms with Gasteiger partial charge in [0.15, 0.2) is 0 Å². The van der Waals surface area contributed by atoms with E-state index in [1.807, 2.05) is 37.3 Å². The van der Waals surface area contributed by atoms with Gasteiger partial charge < -0.3 is 10.2 Å². The molecule has 29 heavy (non-hydrogen) atoms. The second-order valence-electron chi connectivity index (χ2n) is 6.53. The van der Waals surface area contributed by atoms with E-state index < -0.39 is 11.7 Å². The molecule has 1 atom stereocenters. The number of carbonyl (C=O) groups is 1. The van der Waals surface area contributed by atoms with Crippen molar-refractivity contribution in [2.75, 3.05) is 18.9 Å². The molecule has 1 aromatic carbocycles. The summed E-state index contributed by atoms with van der Waals surface area (Å²) < 4.78 is 37.8. The van der Waals surface area contributed by atoms with Gasteiger partial charge in [0, 0.05) is 43.6 Å². The lowest BCUT2D eigenvalue weighted by atomic mass is 10.1. The third-order valence-electron chi connectivity index (χ3n) is 4.69. The van der Waals surface area contributed by atoms with Gasteiger partial charge in [-0.15, -0.1) is 0 Å². The van der Waals surface area contributed by atoms with Crippen molar-refractivity contribution in [1.82, 2.24) is 19.9 Å². The van der Waals surface area contributed by atoms with Crippen LogP contribution in [0.25, 0.3) is 10.8 Å². The summed E-state index contributed by atoms with van der Waals surface area (Å²) >= 11 is 0. The lowest BCUT2D eigenvalue weighted by Gasteiger charge is -2.27. The molecule has 3 rings (SSSR count). The summed E-state index contributed by atoms with van der Waals surface area (Å²) in [7, 11) is 1.68. The number of benzene rings is 1. The van der Waals surface area contributed by atoms with Crippen LogP contribution in [0, 0.1) is 0 Å². The van der Waals surface area contributed by atoms with Gasteiger partial charge in [0.25, 0.3) is 5.91 Å². The molecule has 6 nitrogen and oxygen atoms in total. The predicted octanol–water partition coefficient (Wildman–Crippen LogP) is 4.01. The average molecular weight is 403 g/mol. The highest BCUT2D eigenvalue weighted by Gasteiger charge is 2.31. The summed E-state index contributed by atoms with van der Waals surface area (Å²) in [4.78, 5) is 26.2. The largest absolute Gasteiger partial charge is 0.419 e. The van der Waals surface area contributed by atoms with Crippen molar-refractivity contribution in [2.24, 2.45) is 0 Å². The number of likely N-dealkylation sites (N-methyl/N-ethyl adjacent to an activating group) is 1. The predicted molar refractivity (Wildman–Crippen MR) is 103 cm³/mol. The fourth-order valence-electron chi connectivity index (χ4n) is 2.95. The van der Waals surface area contributed by atoms with Crippen LogP contribution in [-0.2, 0) is 6.18 Å². The number of hydrogen-bond acceptors (Lipinski definition) is 5. The number of pyridine rings is 1. The number of amides is 1. The molecule has 9 heteroatoms. The Bertz CT molecular complexity index is 986. The Morgan fingerprint density at radius 1 is 1.14 bits per heavy atom. The fourth-order valence-corrected chi connectivity index (χ4v) is 2.95. The van der Waals surface area contributed by atoms with Crippen LogP contribution in [-0.4, -0.2) is 45.4 Å². The zero-order valence-corrected chi connectivity index (χ0v) is 15.9. The topological polar surface area (TPSA) is 71.0 Å². The van der Waals surface area contributed by atoms with Gasteiger partial charge in [-0.3, -0.25) is 9.78 Å². The van der Waals surface area contributed by atoms with E-state index in [1.54, 1.807) is 18.1 Å². The van der Waals surface area contributed by atoms with Gasteiger partial charge in [0.05, 0.1) is 5.56 Å². The lowest BCUT2D eigenvalue weighted by Crippen LogP contribution is -2.41. The Morgan fingerprint density at radius 2 is 1.83 bits per heavy atom. The number of nitrogens with zero attached hydrogens (tertiary/aromatic N) is 4. The van der Waals surface area contributed by atoms with E-state index in [2.05, 4.69) is 20.3 Å². The van der Waals surface area contributed by atoms with Gasteiger partial charge in [-0.05, 0) is 17.9 Å². The number of nitrogens with one attached hydrogen (secondary N) is 1. The van der Waals surface area contributed by atoms with Gasteiger partial charge in [-0.25, -0.2) is 9.97 Å². The van der Waals surface area contributed by atoms with Gasteiger partial charge >= 0.3 is 6.18 Å². The molecule has 2 heterocycles. The van der Waals surface area contributed by atoms with Crippen molar-refractivity contribution in [2.45, 2.75) is 25.6 Å². The van der Waals surface area contributed by atoms with Crippen molar-refractivity contribution in [1.29, 1.82) is 0 Å². The zero-order chi connectivity index (χ0) is 21.0. The number of anilines is 1. The molecule has 1 unspecified atom stereocenters. The second-order valence-corrected chi connectivity index (χ2v) is 6.53. The molecule has 0 saturated heterocycles. The maximum absolute atomic E-state index is 13.0. The van der Waals surface area contributed by atoms with Crippen LogP contribution >= 0.6 is 0 Å². The van der Waals surface area contributed by atoms with Crippen LogP contribution in [0.4, 0.5) is 19.1 Å². The highest BCUT2D eigenvalue weighted by molar-refractivity contribution is 6.05. The summed E-state index contributed by atoms with van der Waals surface area (Å²) in [5, 5.41) is 4.58. The molecule has 1 amide bonds. The van der Waals surface area contributed by atoms with Crippen molar-refractivity contribution in [3.63, 3.8) is 0 Å². The van der Waals surface area contributed by atoms with Gasteiger partial charge in [0.2, 0.25) is 5.95 Å². The maximum atomic E-state index is 13.0. The fraction of sp³-hybridized carbons (Fsp3) is 0.300. The van der Waals surface area contributed by atoms with Crippen molar-refractivity contribution < 1.29 is 18.0 Å². The summed E-state index contributed by atoms with van der Waals surface area (Å²) in [6.45, 7) is 2.20. The Labute approximate surface area is 165 Å². The molecular formula is C20H20F3N5O. The van der Waals surface area contributed by atoms with Crippen LogP contribution in [0.5, 0.6) is 0 Å². The highest BCUT2D eigenvalue weighted by atomic mass is 19.4. The Kier molecular flexibility index (Phi) is 5.95. The molecule has 152 valence electrons. The van der Waals surface area contributed by atoms with Gasteiger partial charge in [-0.1, -0.05) is 31.2 Å². The molecule has 0 aliphatic heterocycles. The minimum Gasteiger partial charge on any atom is -0.352 e. The Morgan fingerprint density at radius 3 is 2.48 bits per heavy atom. The summed E-state index contributed by atoms with van der Waals surface area (Å²) in [5.41, 5.74) is -0.556. The quantitative estimate of drug-likeness (QED) is 0.674. The number of carbonyl (C=O) groups excluding carboxylic acids is 1. The van der Waals surface area contributed by atoms with E-state index in [0.29, 0.717) is 12.1 Å². The van der Waals surface area contributed by atoms with E-state index in [1.165, 1.54) is 0 Å². The number of hydrogen-bond donors (Lipinski definition) is 1. The van der Waals surface area contributed by atoms with E-state index in [4.69, 9.17) is 0 Å². The highest BCUT2D eigenvalue weighted by Crippen LogP contribution is 2.28. The molecule has 0 saturated carbocycles. The number of halogens is 3. The third kappa shape index (κ3) is 4.61. The Balaban J connectivity index is 1.71. The first-order chi connectivity index (χ1) is 13.8. The average Bonchev–Trinajstić information content (AvgIpc) is 2.72. The monoisotopic (exact) mass is 403 g/mol. The zero-order valence-electron chi connectivity index (χ0n) is 15.9. The van der Waals surface area contributed by atoms with Crippen LogP contribution < -0.4 is 5.32 Å². The van der Waals surface area contributed by atoms with Crippen LogP contribution in [0.1, 0.15) is 29.4 Å². The third-order valence-corrected chi connectivity index (χ3v) is 4.69. The molecule has 2 aromatic heterocycles. The summed E-state index contributed by atoms with van der Waals surface area (Å²) in [5.74, 6) is -0.163. The van der Waals surface area contributed by atoms with E-state index in [-0.39, 0.29) is 24.4 Å². The van der Waals surface area contributed by atoms with E-state index in [9.17, 15) is 18.0 Å². The number of aromatic nitrogens is 3. The van der Waals surface area contributed by atoms with Gasteiger partial charge in [-0.2, -0.15) is 13.2 Å². The lowest BCUT2D eigenvalue weighted by molar-refractivity contribution is -0.138. The standard InChI is InChI=1S/C20H20F3N5O/c1-3-15(12-27-19-25-10-14(11-26-19)20(21,22)23)28(2)18(29)17-16-7-5-4-6-13(16)8-9-24-17/h4-11,15H,3,12H2,1-2H3,(H,25,26,27). The molecule has 0 spiro atoms. The molecule has 0 aliphatic carbocycles. The smallest absolute Gasteiger partial charge is 0.352 e. The number of alkyl halides is 3. The van der Waals surface area contributed by atoms with Crippen LogP contribution in [0.15, 0.2) is 48.9 Å². The van der Waals surface area contributed by atoms with Crippen LogP contribution in [0.3, 0.4) is 0 Å². The molecular weight excluding hydrogens is 383 g/mol. The normalized spacial score (nSPS) is 12.6. The second kappa shape index (κ2) is 8.42. The number of fused-ring (bicyclic) bond motifs is 1. The van der Waals surface area contributed by atoms with Crippen LogP contribution in [0.2, 0.25) is 0 Å². The molecule has 0 fully saturated rings. The van der Waals surface area contributed by atoms with E-state index >= 15 is 0 Å². The first-order valence-electron chi connectivity index (χ1n) is 9.05. The molecule has 0 aliphatic rings.